The van der Waals surface area contributed by atoms with Crippen LogP contribution in [0.25, 0.3) is 0 Å². The normalized spacial score (nSPS) is 16.1. The van der Waals surface area contributed by atoms with E-state index in [0.717, 1.165) is 11.1 Å². The number of aromatic nitrogens is 2. The van der Waals surface area contributed by atoms with Crippen LogP contribution >= 0.6 is 0 Å². The Labute approximate surface area is 117 Å². The minimum Gasteiger partial charge on any atom is -0.399 e. The number of nitrogens with two attached hydrogens (primary N) is 1. The molecule has 0 bridgehead atoms. The molecule has 2 heterocycles. The Morgan fingerprint density at radius 1 is 1.30 bits per heavy atom. The number of fused-ring (bicyclic) bond motifs is 1. The average Bonchev–Trinajstić information content (AvgIpc) is 2.85. The lowest BCUT2D eigenvalue weighted by Crippen LogP contribution is -2.36. The molecular formula is C13H16N4O2S. The van der Waals surface area contributed by atoms with E-state index in [2.05, 4.69) is 4.98 Å². The fourth-order valence-electron chi connectivity index (χ4n) is 2.41. The Hall–Kier alpha value is -1.86. The van der Waals surface area contributed by atoms with Crippen LogP contribution in [0.2, 0.25) is 0 Å². The van der Waals surface area contributed by atoms with Gasteiger partial charge in [-0.3, -0.25) is 0 Å². The first-order valence-corrected chi connectivity index (χ1v) is 7.76. The van der Waals surface area contributed by atoms with E-state index in [9.17, 15) is 8.42 Å². The van der Waals surface area contributed by atoms with Crippen molar-refractivity contribution in [3.8, 4) is 0 Å². The highest BCUT2D eigenvalue weighted by atomic mass is 32.2. The first kappa shape index (κ1) is 13.1. The fraction of sp³-hybridized carbons (Fsp3) is 0.308. The summed E-state index contributed by atoms with van der Waals surface area (Å²) in [6.07, 6.45) is 3.70. The van der Waals surface area contributed by atoms with Crippen LogP contribution in [0.4, 0.5) is 5.69 Å². The van der Waals surface area contributed by atoms with Crippen molar-refractivity contribution in [3.05, 3.63) is 41.9 Å². The quantitative estimate of drug-likeness (QED) is 0.828. The second kappa shape index (κ2) is 4.60. The van der Waals surface area contributed by atoms with Gasteiger partial charge in [-0.25, -0.2) is 13.4 Å². The van der Waals surface area contributed by atoms with Crippen molar-refractivity contribution in [3.63, 3.8) is 0 Å². The number of rotatable bonds is 2. The van der Waals surface area contributed by atoms with Crippen molar-refractivity contribution in [2.75, 3.05) is 12.3 Å². The van der Waals surface area contributed by atoms with E-state index in [1.165, 1.54) is 16.8 Å². The van der Waals surface area contributed by atoms with Gasteiger partial charge in [-0.15, -0.1) is 0 Å². The molecule has 0 spiro atoms. The fourth-order valence-corrected chi connectivity index (χ4v) is 3.80. The average molecular weight is 292 g/mol. The molecule has 1 aliphatic rings. The zero-order valence-electron chi connectivity index (χ0n) is 11.2. The molecule has 0 radical (unpaired) electrons. The zero-order valence-corrected chi connectivity index (χ0v) is 12.0. The number of hydrogen-bond donors (Lipinski definition) is 1. The predicted molar refractivity (Wildman–Crippen MR) is 75.4 cm³/mol. The molecule has 1 aromatic heterocycles. The zero-order chi connectivity index (χ0) is 14.3. The van der Waals surface area contributed by atoms with Gasteiger partial charge in [0.1, 0.15) is 0 Å². The first-order chi connectivity index (χ1) is 9.46. The molecule has 0 aliphatic carbocycles. The molecule has 0 saturated heterocycles. The lowest BCUT2D eigenvalue weighted by atomic mass is 10.0. The van der Waals surface area contributed by atoms with Crippen LogP contribution in [0.3, 0.4) is 0 Å². The third kappa shape index (κ3) is 2.19. The van der Waals surface area contributed by atoms with Gasteiger partial charge in [0.2, 0.25) is 0 Å². The Kier molecular flexibility index (Phi) is 3.02. The molecule has 7 heteroatoms. The first-order valence-electron chi connectivity index (χ1n) is 6.32. The molecule has 20 heavy (non-hydrogen) atoms. The van der Waals surface area contributed by atoms with Gasteiger partial charge in [0.25, 0.3) is 10.0 Å². The van der Waals surface area contributed by atoms with Crippen LogP contribution in [-0.2, 0) is 30.0 Å². The van der Waals surface area contributed by atoms with Gasteiger partial charge in [-0.1, -0.05) is 6.07 Å². The lowest BCUT2D eigenvalue weighted by molar-refractivity contribution is 0.390. The number of benzene rings is 1. The predicted octanol–water partition coefficient (Wildman–Crippen LogP) is 0.749. The lowest BCUT2D eigenvalue weighted by Gasteiger charge is -2.27. The third-order valence-electron chi connectivity index (χ3n) is 3.49. The minimum absolute atomic E-state index is 0.0901. The molecule has 0 unspecified atom stereocenters. The molecule has 2 aromatic rings. The monoisotopic (exact) mass is 292 g/mol. The van der Waals surface area contributed by atoms with Crippen LogP contribution in [-0.4, -0.2) is 28.8 Å². The van der Waals surface area contributed by atoms with Crippen molar-refractivity contribution < 1.29 is 8.42 Å². The molecule has 106 valence electrons. The Balaban J connectivity index is 1.93. The Morgan fingerprint density at radius 3 is 2.80 bits per heavy atom. The summed E-state index contributed by atoms with van der Waals surface area (Å²) in [6.45, 7) is 0.815. The summed E-state index contributed by atoms with van der Waals surface area (Å²) in [5.41, 5.74) is 8.55. The van der Waals surface area contributed by atoms with Crippen LogP contribution in [0.1, 0.15) is 11.1 Å². The number of hydrogen-bond acceptors (Lipinski definition) is 4. The molecule has 3 rings (SSSR count). The molecule has 1 aromatic carbocycles. The molecule has 0 atom stereocenters. The topological polar surface area (TPSA) is 81.2 Å². The van der Waals surface area contributed by atoms with E-state index in [1.807, 2.05) is 18.2 Å². The summed E-state index contributed by atoms with van der Waals surface area (Å²) in [5, 5.41) is 0.0901. The largest absolute Gasteiger partial charge is 0.399 e. The van der Waals surface area contributed by atoms with Crippen molar-refractivity contribution >= 4 is 15.7 Å². The van der Waals surface area contributed by atoms with Gasteiger partial charge in [-0.05, 0) is 29.7 Å². The van der Waals surface area contributed by atoms with Crippen LogP contribution < -0.4 is 5.73 Å². The summed E-state index contributed by atoms with van der Waals surface area (Å²) in [4.78, 5) is 3.94. The summed E-state index contributed by atoms with van der Waals surface area (Å²) >= 11 is 0. The highest BCUT2D eigenvalue weighted by molar-refractivity contribution is 7.89. The maximum atomic E-state index is 12.5. The number of imidazole rings is 1. The molecule has 0 fully saturated rings. The summed E-state index contributed by atoms with van der Waals surface area (Å²) in [7, 11) is -1.79. The maximum Gasteiger partial charge on any atom is 0.262 e. The number of sulfonamides is 1. The molecule has 6 nitrogen and oxygen atoms in total. The molecule has 0 saturated carbocycles. The van der Waals surface area contributed by atoms with Gasteiger partial charge < -0.3 is 10.3 Å². The van der Waals surface area contributed by atoms with E-state index >= 15 is 0 Å². The Morgan fingerprint density at radius 2 is 2.10 bits per heavy atom. The number of anilines is 1. The number of nitrogen functional groups attached to an aromatic ring is 1. The second-order valence-corrected chi connectivity index (χ2v) is 6.88. The second-order valence-electron chi connectivity index (χ2n) is 4.99. The summed E-state index contributed by atoms with van der Waals surface area (Å²) in [6, 6.07) is 5.66. The van der Waals surface area contributed by atoms with Gasteiger partial charge >= 0.3 is 0 Å². The SMILES string of the molecule is Cn1cnc(S(=O)(=O)N2CCc3ccc(N)cc3C2)c1. The molecule has 1 aliphatic heterocycles. The summed E-state index contributed by atoms with van der Waals surface area (Å²) in [5.74, 6) is 0. The number of nitrogens with zero attached hydrogens (tertiary/aromatic N) is 3. The van der Waals surface area contributed by atoms with E-state index in [-0.39, 0.29) is 5.03 Å². The summed E-state index contributed by atoms with van der Waals surface area (Å²) < 4.78 is 28.1. The molecular weight excluding hydrogens is 276 g/mol. The Bertz CT molecular complexity index is 751. The van der Waals surface area contributed by atoms with Crippen molar-refractivity contribution in [2.45, 2.75) is 18.0 Å². The molecule has 2 N–H and O–H groups in total. The van der Waals surface area contributed by atoms with E-state index in [4.69, 9.17) is 5.73 Å². The maximum absolute atomic E-state index is 12.5. The number of aryl methyl sites for hydroxylation is 1. The highest BCUT2D eigenvalue weighted by Crippen LogP contribution is 2.25. The van der Waals surface area contributed by atoms with Crippen LogP contribution in [0.15, 0.2) is 35.7 Å². The van der Waals surface area contributed by atoms with Gasteiger partial charge in [0.15, 0.2) is 5.03 Å². The van der Waals surface area contributed by atoms with Crippen molar-refractivity contribution in [2.24, 2.45) is 7.05 Å². The van der Waals surface area contributed by atoms with Crippen LogP contribution in [0.5, 0.6) is 0 Å². The third-order valence-corrected chi connectivity index (χ3v) is 5.22. The van der Waals surface area contributed by atoms with E-state index in [0.29, 0.717) is 25.2 Å². The smallest absolute Gasteiger partial charge is 0.262 e. The van der Waals surface area contributed by atoms with Gasteiger partial charge in [0, 0.05) is 32.0 Å². The minimum atomic E-state index is -3.54. The van der Waals surface area contributed by atoms with Gasteiger partial charge in [0.05, 0.1) is 6.33 Å². The standard InChI is InChI=1S/C13H16N4O2S/c1-16-8-13(15-9-16)20(18,19)17-5-4-10-2-3-12(14)6-11(10)7-17/h2-3,6,8-9H,4-5,7,14H2,1H3. The van der Waals surface area contributed by atoms with Crippen molar-refractivity contribution in [1.29, 1.82) is 0 Å². The van der Waals surface area contributed by atoms with Crippen molar-refractivity contribution in [1.82, 2.24) is 13.9 Å². The van der Waals surface area contributed by atoms with Gasteiger partial charge in [-0.2, -0.15) is 4.31 Å². The molecule has 0 amide bonds. The van der Waals surface area contributed by atoms with E-state index < -0.39 is 10.0 Å². The highest BCUT2D eigenvalue weighted by Gasteiger charge is 2.29. The van der Waals surface area contributed by atoms with Crippen LogP contribution in [0, 0.1) is 0 Å². The van der Waals surface area contributed by atoms with E-state index in [1.54, 1.807) is 11.6 Å².